The molecule has 0 bridgehead atoms. The highest BCUT2D eigenvalue weighted by molar-refractivity contribution is 5.88. The molecule has 6 nitrogen and oxygen atoms in total. The van der Waals surface area contributed by atoms with E-state index in [4.69, 9.17) is 13.9 Å². The summed E-state index contributed by atoms with van der Waals surface area (Å²) in [7, 11) is 0. The number of carbonyl (C=O) groups is 2. The molecule has 0 aliphatic heterocycles. The van der Waals surface area contributed by atoms with Gasteiger partial charge in [-0.15, -0.1) is 0 Å². The Hall–Kier alpha value is -2.63. The smallest absolute Gasteiger partial charge is 0.336 e. The zero-order chi connectivity index (χ0) is 19.9. The molecule has 0 amide bonds. The van der Waals surface area contributed by atoms with Crippen LogP contribution in [0.25, 0.3) is 11.0 Å². The van der Waals surface area contributed by atoms with E-state index >= 15 is 0 Å². The first-order valence-electron chi connectivity index (χ1n) is 8.32. The van der Waals surface area contributed by atoms with Crippen LogP contribution in [-0.2, 0) is 9.59 Å². The van der Waals surface area contributed by atoms with Crippen LogP contribution >= 0.6 is 0 Å². The number of benzene rings is 1. The number of carbonyl (C=O) groups excluding carboxylic acids is 2. The van der Waals surface area contributed by atoms with E-state index in [1.807, 2.05) is 0 Å². The van der Waals surface area contributed by atoms with Gasteiger partial charge in [0, 0.05) is 17.5 Å². The molecule has 0 N–H and O–H groups in total. The zero-order valence-corrected chi connectivity index (χ0v) is 16.2. The number of aryl methyl sites for hydroxylation is 1. The fourth-order valence-corrected chi connectivity index (χ4v) is 1.99. The molecule has 1 aromatic heterocycles. The summed E-state index contributed by atoms with van der Waals surface area (Å²) in [6.07, 6.45) is 0. The average molecular weight is 360 g/mol. The molecule has 140 valence electrons. The van der Waals surface area contributed by atoms with Gasteiger partial charge in [0.15, 0.2) is 11.5 Å². The lowest BCUT2D eigenvalue weighted by molar-refractivity contribution is -0.145. The molecule has 2 rings (SSSR count). The van der Waals surface area contributed by atoms with E-state index in [2.05, 4.69) is 0 Å². The molecule has 0 saturated heterocycles. The van der Waals surface area contributed by atoms with Crippen molar-refractivity contribution in [3.63, 3.8) is 0 Å². The minimum atomic E-state index is -0.756. The van der Waals surface area contributed by atoms with Gasteiger partial charge in [-0.1, -0.05) is 0 Å². The van der Waals surface area contributed by atoms with E-state index < -0.39 is 28.4 Å². The largest absolute Gasteiger partial charge is 0.423 e. The maximum atomic E-state index is 12.3. The van der Waals surface area contributed by atoms with Crippen LogP contribution in [0.1, 0.15) is 47.1 Å². The van der Waals surface area contributed by atoms with Gasteiger partial charge < -0.3 is 13.9 Å². The maximum absolute atomic E-state index is 12.3. The molecule has 0 fully saturated rings. The van der Waals surface area contributed by atoms with E-state index in [1.165, 1.54) is 12.1 Å². The van der Waals surface area contributed by atoms with Crippen molar-refractivity contribution in [2.45, 2.75) is 48.5 Å². The maximum Gasteiger partial charge on any atom is 0.336 e. The van der Waals surface area contributed by atoms with E-state index in [1.54, 1.807) is 54.5 Å². The van der Waals surface area contributed by atoms with Gasteiger partial charge in [0.25, 0.3) is 0 Å². The third-order valence-electron chi connectivity index (χ3n) is 3.65. The van der Waals surface area contributed by atoms with Crippen molar-refractivity contribution < 1.29 is 23.5 Å². The predicted octanol–water partition coefficient (Wildman–Crippen LogP) is 4.00. The molecular weight excluding hydrogens is 336 g/mol. The standard InChI is InChI=1S/C20H24O6/c1-11-8-16(21)24-13-10-15(26-18(23)20(5,6)7)14(9-12(11)13)25-17(22)19(2,3)4/h8-10H,1-7H3. The molecule has 0 saturated carbocycles. The fraction of sp³-hybridized carbons (Fsp3) is 0.450. The highest BCUT2D eigenvalue weighted by Gasteiger charge is 2.28. The number of esters is 2. The lowest BCUT2D eigenvalue weighted by Gasteiger charge is -2.20. The summed E-state index contributed by atoms with van der Waals surface area (Å²) in [5.74, 6) is -0.837. The van der Waals surface area contributed by atoms with Gasteiger partial charge in [-0.05, 0) is 60.1 Å². The Balaban J connectivity index is 2.61. The van der Waals surface area contributed by atoms with Crippen LogP contribution in [0.15, 0.2) is 27.4 Å². The van der Waals surface area contributed by atoms with Gasteiger partial charge in [0.05, 0.1) is 10.8 Å². The Labute approximate surface area is 152 Å². The van der Waals surface area contributed by atoms with Crippen molar-refractivity contribution in [1.82, 2.24) is 0 Å². The van der Waals surface area contributed by atoms with Gasteiger partial charge in [0.2, 0.25) is 0 Å². The van der Waals surface area contributed by atoms with E-state index in [9.17, 15) is 14.4 Å². The van der Waals surface area contributed by atoms with E-state index in [-0.39, 0.29) is 17.1 Å². The first kappa shape index (κ1) is 19.7. The number of hydrogen-bond acceptors (Lipinski definition) is 6. The van der Waals surface area contributed by atoms with Crippen molar-refractivity contribution >= 4 is 22.9 Å². The molecule has 2 aromatic rings. The molecule has 0 aliphatic carbocycles. The molecule has 0 spiro atoms. The topological polar surface area (TPSA) is 82.8 Å². The third kappa shape index (κ3) is 4.31. The average Bonchev–Trinajstić information content (AvgIpc) is 2.46. The predicted molar refractivity (Wildman–Crippen MR) is 97.4 cm³/mol. The van der Waals surface area contributed by atoms with Crippen LogP contribution in [0.2, 0.25) is 0 Å². The van der Waals surface area contributed by atoms with Crippen molar-refractivity contribution in [3.05, 3.63) is 34.2 Å². The fourth-order valence-electron chi connectivity index (χ4n) is 1.99. The molecule has 6 heteroatoms. The van der Waals surface area contributed by atoms with Gasteiger partial charge in [-0.3, -0.25) is 9.59 Å². The van der Waals surface area contributed by atoms with Crippen LogP contribution in [0.5, 0.6) is 11.5 Å². The molecule has 0 atom stereocenters. The van der Waals surface area contributed by atoms with Gasteiger partial charge in [-0.25, -0.2) is 4.79 Å². The summed E-state index contributed by atoms with van der Waals surface area (Å²) in [6, 6.07) is 4.29. The quantitative estimate of drug-likeness (QED) is 0.457. The molecule has 0 unspecified atom stereocenters. The highest BCUT2D eigenvalue weighted by Crippen LogP contribution is 2.36. The Morgan fingerprint density at radius 2 is 1.31 bits per heavy atom. The zero-order valence-electron chi connectivity index (χ0n) is 16.2. The van der Waals surface area contributed by atoms with Crippen LogP contribution in [0.4, 0.5) is 0 Å². The van der Waals surface area contributed by atoms with Crippen LogP contribution in [-0.4, -0.2) is 11.9 Å². The molecule has 0 radical (unpaired) electrons. The monoisotopic (exact) mass is 360 g/mol. The van der Waals surface area contributed by atoms with Crippen molar-refractivity contribution in [2.24, 2.45) is 10.8 Å². The van der Waals surface area contributed by atoms with Crippen LogP contribution in [0, 0.1) is 17.8 Å². The Morgan fingerprint density at radius 3 is 1.77 bits per heavy atom. The van der Waals surface area contributed by atoms with Crippen molar-refractivity contribution in [3.8, 4) is 11.5 Å². The Bertz CT molecular complexity index is 922. The summed E-state index contributed by atoms with van der Waals surface area (Å²) in [5, 5.41) is 0.594. The Morgan fingerprint density at radius 1 is 0.846 bits per heavy atom. The number of ether oxygens (including phenoxy) is 2. The lowest BCUT2D eigenvalue weighted by atomic mass is 9.97. The number of hydrogen-bond donors (Lipinski definition) is 0. The van der Waals surface area contributed by atoms with Crippen molar-refractivity contribution in [1.29, 1.82) is 0 Å². The van der Waals surface area contributed by atoms with Crippen LogP contribution in [0.3, 0.4) is 0 Å². The van der Waals surface area contributed by atoms with E-state index in [0.717, 1.165) is 0 Å². The normalized spacial score (nSPS) is 12.1. The second-order valence-corrected chi connectivity index (χ2v) is 8.32. The molecule has 0 aliphatic rings. The van der Waals surface area contributed by atoms with Crippen molar-refractivity contribution in [2.75, 3.05) is 0 Å². The van der Waals surface area contributed by atoms with Gasteiger partial charge in [-0.2, -0.15) is 0 Å². The lowest BCUT2D eigenvalue weighted by Crippen LogP contribution is -2.28. The first-order valence-corrected chi connectivity index (χ1v) is 8.32. The SMILES string of the molecule is Cc1cc(=O)oc2cc(OC(=O)C(C)(C)C)c(OC(=O)C(C)(C)C)cc12. The minimum absolute atomic E-state index is 0.0313. The summed E-state index contributed by atoms with van der Waals surface area (Å²) >= 11 is 0. The molecular formula is C20H24O6. The highest BCUT2D eigenvalue weighted by atomic mass is 16.6. The molecule has 1 heterocycles. The number of rotatable bonds is 2. The van der Waals surface area contributed by atoms with Gasteiger partial charge in [0.1, 0.15) is 5.58 Å². The van der Waals surface area contributed by atoms with Gasteiger partial charge >= 0.3 is 17.6 Å². The van der Waals surface area contributed by atoms with Crippen LogP contribution < -0.4 is 15.1 Å². The summed E-state index contributed by atoms with van der Waals surface area (Å²) in [5.41, 5.74) is -1.09. The first-order chi connectivity index (χ1) is 11.8. The third-order valence-corrected chi connectivity index (χ3v) is 3.65. The second kappa shape index (κ2) is 6.59. The molecule has 1 aromatic carbocycles. The minimum Gasteiger partial charge on any atom is -0.423 e. The Kier molecular flexibility index (Phi) is 4.99. The second-order valence-electron chi connectivity index (χ2n) is 8.32. The molecule has 26 heavy (non-hydrogen) atoms. The summed E-state index contributed by atoms with van der Waals surface area (Å²) in [6.45, 7) is 12.0. The van der Waals surface area contributed by atoms with E-state index in [0.29, 0.717) is 10.9 Å². The summed E-state index contributed by atoms with van der Waals surface area (Å²) in [4.78, 5) is 36.2. The summed E-state index contributed by atoms with van der Waals surface area (Å²) < 4.78 is 16.1. The number of fused-ring (bicyclic) bond motifs is 1.